The number of methoxy groups -OCH3 is 1. The van der Waals surface area contributed by atoms with Gasteiger partial charge in [0.2, 0.25) is 5.91 Å². The number of hydroxylamine groups is 1. The van der Waals surface area contributed by atoms with E-state index in [1.54, 1.807) is 37.3 Å². The van der Waals surface area contributed by atoms with Crippen LogP contribution in [0.25, 0.3) is 0 Å². The molecule has 0 spiro atoms. The molecule has 2 heterocycles. The lowest BCUT2D eigenvalue weighted by atomic mass is 10.2. The Morgan fingerprint density at radius 1 is 1.24 bits per heavy atom. The lowest BCUT2D eigenvalue weighted by molar-refractivity contribution is -0.121. The van der Waals surface area contributed by atoms with Crippen LogP contribution >= 0.6 is 11.3 Å². The number of hydrogen-bond donors (Lipinski definition) is 1. The maximum absolute atomic E-state index is 12.9. The van der Waals surface area contributed by atoms with Gasteiger partial charge in [-0.25, -0.2) is 19.6 Å². The molecule has 1 saturated heterocycles. The lowest BCUT2D eigenvalue weighted by Gasteiger charge is -2.22. The van der Waals surface area contributed by atoms with Crippen molar-refractivity contribution in [2.75, 3.05) is 23.7 Å². The van der Waals surface area contributed by atoms with Crippen molar-refractivity contribution in [3.63, 3.8) is 0 Å². The Hall–Kier alpha value is -3.24. The molecule has 9 nitrogen and oxygen atoms in total. The van der Waals surface area contributed by atoms with Crippen LogP contribution in [0.1, 0.15) is 33.4 Å². The molecule has 0 radical (unpaired) electrons. The highest BCUT2D eigenvalue weighted by molar-refractivity contribution is 7.18. The molecule has 1 aromatic carbocycles. The summed E-state index contributed by atoms with van der Waals surface area (Å²) < 4.78 is 9.64. The minimum atomic E-state index is -1.16. The summed E-state index contributed by atoms with van der Waals surface area (Å²) >= 11 is 0.774. The van der Waals surface area contributed by atoms with Gasteiger partial charge in [-0.3, -0.25) is 14.8 Å². The summed E-state index contributed by atoms with van der Waals surface area (Å²) in [6.07, 6.45) is -0.294. The fourth-order valence-electron chi connectivity index (χ4n) is 2.89. The smallest absolute Gasteiger partial charge is 0.348 e. The van der Waals surface area contributed by atoms with Gasteiger partial charge < -0.3 is 9.47 Å². The summed E-state index contributed by atoms with van der Waals surface area (Å²) in [6.45, 7) is 1.75. The van der Waals surface area contributed by atoms with E-state index in [1.807, 2.05) is 0 Å². The van der Waals surface area contributed by atoms with Gasteiger partial charge in [0.25, 0.3) is 5.91 Å². The first-order valence-electron chi connectivity index (χ1n) is 8.68. The molecule has 0 bridgehead atoms. The van der Waals surface area contributed by atoms with Crippen molar-refractivity contribution in [2.24, 2.45) is 0 Å². The van der Waals surface area contributed by atoms with Crippen molar-refractivity contribution in [1.29, 1.82) is 0 Å². The van der Waals surface area contributed by atoms with Crippen LogP contribution in [0.4, 0.5) is 10.7 Å². The predicted molar refractivity (Wildman–Crippen MR) is 103 cm³/mol. The van der Waals surface area contributed by atoms with E-state index in [1.165, 1.54) is 6.07 Å². The van der Waals surface area contributed by atoms with Gasteiger partial charge in [-0.15, -0.1) is 11.3 Å². The van der Waals surface area contributed by atoms with Gasteiger partial charge in [-0.1, -0.05) is 18.2 Å². The van der Waals surface area contributed by atoms with E-state index in [9.17, 15) is 24.4 Å². The van der Waals surface area contributed by atoms with Gasteiger partial charge >= 0.3 is 11.9 Å². The second-order valence-electron chi connectivity index (χ2n) is 6.01. The zero-order chi connectivity index (χ0) is 21.1. The minimum Gasteiger partial charge on any atom is -0.465 e. The van der Waals surface area contributed by atoms with Gasteiger partial charge in [0.05, 0.1) is 31.4 Å². The molecule has 1 aromatic heterocycles. The summed E-state index contributed by atoms with van der Waals surface area (Å²) in [5, 5.41) is 11.1. The first-order valence-corrected chi connectivity index (χ1v) is 9.49. The Kier molecular flexibility index (Phi) is 5.95. The number of carbonyl (C=O) groups excluding carboxylic acids is 4. The summed E-state index contributed by atoms with van der Waals surface area (Å²) in [5.74, 6) is -2.82. The number of nitrogens with zero attached hydrogens (tertiary/aromatic N) is 2. The van der Waals surface area contributed by atoms with Crippen molar-refractivity contribution in [3.05, 3.63) is 46.8 Å². The molecule has 152 valence electrons. The topological polar surface area (TPSA) is 113 Å². The second kappa shape index (κ2) is 8.41. The molecule has 29 heavy (non-hydrogen) atoms. The molecule has 0 saturated carbocycles. The molecule has 3 rings (SSSR count). The van der Waals surface area contributed by atoms with Crippen LogP contribution in [-0.4, -0.2) is 48.7 Å². The Labute approximate surface area is 170 Å². The van der Waals surface area contributed by atoms with Gasteiger partial charge in [0, 0.05) is 0 Å². The quantitative estimate of drug-likeness (QED) is 0.432. The summed E-state index contributed by atoms with van der Waals surface area (Å²) in [7, 11) is 1.15. The summed E-state index contributed by atoms with van der Waals surface area (Å²) in [6, 6.07) is 8.34. The number of anilines is 2. The molecule has 1 unspecified atom stereocenters. The number of hydrogen-bond acceptors (Lipinski definition) is 9. The van der Waals surface area contributed by atoms with Crippen LogP contribution < -0.4 is 9.96 Å². The van der Waals surface area contributed by atoms with E-state index in [2.05, 4.69) is 0 Å². The third-order valence-corrected chi connectivity index (χ3v) is 5.34. The zero-order valence-electron chi connectivity index (χ0n) is 15.7. The average molecular weight is 418 g/mol. The largest absolute Gasteiger partial charge is 0.465 e. The average Bonchev–Trinajstić information content (AvgIpc) is 3.28. The monoisotopic (exact) mass is 418 g/mol. The van der Waals surface area contributed by atoms with Crippen LogP contribution in [0.15, 0.2) is 36.4 Å². The molecule has 1 fully saturated rings. The SMILES string of the molecule is CCOC(=O)c1cc(C(=O)OC)c(N2C(=O)CC(N(O)c3ccccc3)C2=O)s1. The number of amides is 2. The fourth-order valence-corrected chi connectivity index (χ4v) is 3.95. The van der Waals surface area contributed by atoms with Crippen LogP contribution in [0, 0.1) is 0 Å². The molecule has 1 aliphatic rings. The molecule has 2 amide bonds. The van der Waals surface area contributed by atoms with E-state index < -0.39 is 29.8 Å². The molecule has 1 N–H and O–H groups in total. The molecular formula is C19H18N2O7S. The molecule has 0 aliphatic carbocycles. The van der Waals surface area contributed by atoms with Crippen LogP contribution in [0.5, 0.6) is 0 Å². The van der Waals surface area contributed by atoms with Crippen molar-refractivity contribution in [3.8, 4) is 0 Å². The van der Waals surface area contributed by atoms with Gasteiger partial charge in [0.15, 0.2) is 0 Å². The van der Waals surface area contributed by atoms with E-state index in [0.717, 1.165) is 28.4 Å². The van der Waals surface area contributed by atoms with Crippen LogP contribution in [-0.2, 0) is 19.1 Å². The molecule has 10 heteroatoms. The predicted octanol–water partition coefficient (Wildman–Crippen LogP) is 2.24. The Balaban J connectivity index is 1.97. The third kappa shape index (κ3) is 3.84. The highest BCUT2D eigenvalue weighted by atomic mass is 32.1. The Morgan fingerprint density at radius 2 is 1.93 bits per heavy atom. The number of carbonyl (C=O) groups is 4. The fraction of sp³-hybridized carbons (Fsp3) is 0.263. The van der Waals surface area contributed by atoms with Crippen LogP contribution in [0.3, 0.4) is 0 Å². The second-order valence-corrected chi connectivity index (χ2v) is 7.04. The number of rotatable bonds is 6. The molecule has 1 aliphatic heterocycles. The first-order chi connectivity index (χ1) is 13.9. The standard InChI is InChI=1S/C19H18N2O7S/c1-3-28-19(25)14-9-12(18(24)27-2)17(29-14)20-15(22)10-13(16(20)23)21(26)11-7-5-4-6-8-11/h4-9,13,26H,3,10H2,1-2H3. The Bertz CT molecular complexity index is 957. The van der Waals surface area contributed by atoms with Crippen molar-refractivity contribution in [1.82, 2.24) is 0 Å². The minimum absolute atomic E-state index is 0.0427. The lowest BCUT2D eigenvalue weighted by Crippen LogP contribution is -2.40. The van der Waals surface area contributed by atoms with Crippen molar-refractivity contribution in [2.45, 2.75) is 19.4 Å². The van der Waals surface area contributed by atoms with E-state index in [4.69, 9.17) is 9.47 Å². The van der Waals surface area contributed by atoms with E-state index >= 15 is 0 Å². The molecule has 2 aromatic rings. The Morgan fingerprint density at radius 3 is 2.55 bits per heavy atom. The van der Waals surface area contributed by atoms with Gasteiger partial charge in [-0.05, 0) is 25.1 Å². The van der Waals surface area contributed by atoms with Crippen LogP contribution in [0.2, 0.25) is 0 Å². The van der Waals surface area contributed by atoms with Gasteiger partial charge in [0.1, 0.15) is 15.9 Å². The maximum Gasteiger partial charge on any atom is 0.348 e. The number of thiophene rings is 1. The summed E-state index contributed by atoms with van der Waals surface area (Å²) in [5.41, 5.74) is 0.235. The van der Waals surface area contributed by atoms with Gasteiger partial charge in [-0.2, -0.15) is 0 Å². The highest BCUT2D eigenvalue weighted by Gasteiger charge is 2.45. The first kappa shape index (κ1) is 20.5. The number of imide groups is 1. The highest BCUT2D eigenvalue weighted by Crippen LogP contribution is 2.37. The number of para-hydroxylation sites is 1. The molecule has 1 atom stereocenters. The van der Waals surface area contributed by atoms with Crippen molar-refractivity contribution < 1.29 is 33.9 Å². The van der Waals surface area contributed by atoms with E-state index in [0.29, 0.717) is 5.69 Å². The van der Waals surface area contributed by atoms with E-state index in [-0.39, 0.29) is 28.5 Å². The number of benzene rings is 1. The maximum atomic E-state index is 12.9. The number of ether oxygens (including phenoxy) is 2. The molecular weight excluding hydrogens is 400 g/mol. The van der Waals surface area contributed by atoms with Crippen molar-refractivity contribution >= 4 is 45.8 Å². The normalized spacial score (nSPS) is 16.1. The summed E-state index contributed by atoms with van der Waals surface area (Å²) in [4.78, 5) is 50.6. The number of esters is 2. The zero-order valence-corrected chi connectivity index (χ0v) is 16.5. The third-order valence-electron chi connectivity index (χ3n) is 4.24.